The first-order valence-electron chi connectivity index (χ1n) is 26.8. The molecule has 0 bridgehead atoms. The van der Waals surface area contributed by atoms with Crippen LogP contribution in [0.25, 0.3) is 0 Å². The number of amides is 5. The van der Waals surface area contributed by atoms with Crippen molar-refractivity contribution in [2.45, 2.75) is 181 Å². The van der Waals surface area contributed by atoms with Gasteiger partial charge in [-0.15, -0.1) is 0 Å². The second-order valence-corrected chi connectivity index (χ2v) is 23.3. The lowest BCUT2D eigenvalue weighted by molar-refractivity contribution is -0.207. The van der Waals surface area contributed by atoms with E-state index in [0.29, 0.717) is 32.1 Å². The number of benzene rings is 2. The maximum Gasteiger partial charge on any atom is 0.328 e. The van der Waals surface area contributed by atoms with E-state index < -0.39 is 83.3 Å². The van der Waals surface area contributed by atoms with Gasteiger partial charge in [-0.2, -0.15) is 0 Å². The fourth-order valence-corrected chi connectivity index (χ4v) is 13.7. The SMILES string of the molecule is COC(=O)[C@H](C)NC(=O)[C@H](Cc1ccccc1)NC(=O)[C@H](Cc1ccccc1)NC(=O)[C@@H](NC(=O)[C@H](CC(C)C)NC(=O)CC[C@@H](C)[C@H]1CC[C@H]2[C@@H]3[C@H](O)C[C@@H]4C[C@H](O)CC[C@]4(C)[C@H]3C[C@H](O)[C@]12C)C(C)C. The maximum absolute atomic E-state index is 14.3. The molecule has 8 N–H and O–H groups in total. The standard InChI is InChI=1S/C57H85N5O10/c1-32(2)26-43(59-48(66)23-20-34(5)40-21-22-41-49-42(31-47(65)57(40,41)8)56(7)25-24-39(63)29-38(56)30-46(49)64)53(69)62-50(33(3)4)54(70)61-45(28-37-18-14-11-15-19-37)52(68)60-44(27-36-16-12-10-13-17-36)51(67)58-35(6)55(71)72-9/h10-19,32-35,38-47,49-50,63-65H,20-31H2,1-9H3,(H,58,67)(H,59,66)(H,60,68)(H,61,70)(H,62,69)/t34-,35+,38+,39-,40-,41+,42+,43+,44+,45+,46-,47+,49+,50+,56+,57-/m1/s1. The summed E-state index contributed by atoms with van der Waals surface area (Å²) in [5.41, 5.74) is 1.06. The fourth-order valence-electron chi connectivity index (χ4n) is 13.7. The van der Waals surface area contributed by atoms with E-state index in [-0.39, 0.29) is 78.1 Å². The molecule has 398 valence electrons. The van der Waals surface area contributed by atoms with Gasteiger partial charge in [0.1, 0.15) is 30.2 Å². The summed E-state index contributed by atoms with van der Waals surface area (Å²) in [6, 6.07) is 12.8. The lowest BCUT2D eigenvalue weighted by Gasteiger charge is -2.63. The first-order valence-corrected chi connectivity index (χ1v) is 26.8. The maximum atomic E-state index is 14.3. The Labute approximate surface area is 427 Å². The van der Waals surface area contributed by atoms with E-state index in [9.17, 15) is 44.1 Å². The van der Waals surface area contributed by atoms with Crippen molar-refractivity contribution in [2.24, 2.45) is 58.2 Å². The second-order valence-electron chi connectivity index (χ2n) is 23.3. The number of fused-ring (bicyclic) bond motifs is 5. The number of nitrogens with one attached hydrogen (secondary N) is 5. The van der Waals surface area contributed by atoms with Crippen molar-refractivity contribution in [1.29, 1.82) is 0 Å². The highest BCUT2D eigenvalue weighted by atomic mass is 16.5. The van der Waals surface area contributed by atoms with E-state index in [1.54, 1.807) is 13.8 Å². The van der Waals surface area contributed by atoms with Gasteiger partial charge in [-0.05, 0) is 134 Å². The molecule has 4 fully saturated rings. The van der Waals surface area contributed by atoms with Crippen molar-refractivity contribution >= 4 is 35.5 Å². The first kappa shape index (κ1) is 56.4. The summed E-state index contributed by atoms with van der Waals surface area (Å²) in [5.74, 6) is -2.84. The highest BCUT2D eigenvalue weighted by Gasteiger charge is 2.65. The molecule has 0 heterocycles. The number of aliphatic hydroxyl groups is 3. The van der Waals surface area contributed by atoms with Gasteiger partial charge in [0, 0.05) is 19.3 Å². The Bertz CT molecular complexity index is 2180. The molecule has 4 saturated carbocycles. The van der Waals surface area contributed by atoms with E-state index in [4.69, 9.17) is 4.74 Å². The molecule has 4 aliphatic rings. The Hall–Kier alpha value is -4.86. The van der Waals surface area contributed by atoms with Crippen LogP contribution in [-0.2, 0) is 46.3 Å². The van der Waals surface area contributed by atoms with Gasteiger partial charge in [-0.1, -0.05) is 109 Å². The molecule has 72 heavy (non-hydrogen) atoms. The average molecular weight is 1000 g/mol. The van der Waals surface area contributed by atoms with Crippen molar-refractivity contribution in [3.8, 4) is 0 Å². The minimum atomic E-state index is -1.18. The Morgan fingerprint density at radius 3 is 1.81 bits per heavy atom. The van der Waals surface area contributed by atoms with Gasteiger partial charge >= 0.3 is 5.97 Å². The van der Waals surface area contributed by atoms with Crippen LogP contribution in [0.2, 0.25) is 0 Å². The van der Waals surface area contributed by atoms with Crippen LogP contribution in [0.3, 0.4) is 0 Å². The topological polar surface area (TPSA) is 232 Å². The predicted octanol–water partition coefficient (Wildman–Crippen LogP) is 5.17. The summed E-state index contributed by atoms with van der Waals surface area (Å²) in [7, 11) is 1.21. The van der Waals surface area contributed by atoms with Gasteiger partial charge in [-0.25, -0.2) is 4.79 Å². The van der Waals surface area contributed by atoms with E-state index >= 15 is 0 Å². The van der Waals surface area contributed by atoms with Crippen LogP contribution < -0.4 is 26.6 Å². The zero-order chi connectivity index (χ0) is 52.7. The van der Waals surface area contributed by atoms with Crippen LogP contribution in [0.15, 0.2) is 60.7 Å². The number of esters is 1. The van der Waals surface area contributed by atoms with Crippen LogP contribution in [0.4, 0.5) is 0 Å². The predicted molar refractivity (Wildman–Crippen MR) is 274 cm³/mol. The Morgan fingerprint density at radius 1 is 0.667 bits per heavy atom. The Kier molecular flexibility index (Phi) is 19.2. The second kappa shape index (κ2) is 24.4. The molecule has 0 aliphatic heterocycles. The quantitative estimate of drug-likeness (QED) is 0.0765. The van der Waals surface area contributed by atoms with Gasteiger partial charge in [0.2, 0.25) is 29.5 Å². The van der Waals surface area contributed by atoms with E-state index in [1.807, 2.05) is 74.5 Å². The molecule has 15 nitrogen and oxygen atoms in total. The minimum Gasteiger partial charge on any atom is -0.467 e. The van der Waals surface area contributed by atoms with Gasteiger partial charge in [-0.3, -0.25) is 24.0 Å². The van der Waals surface area contributed by atoms with E-state index in [0.717, 1.165) is 36.8 Å². The third-order valence-electron chi connectivity index (χ3n) is 17.7. The Morgan fingerprint density at radius 2 is 1.24 bits per heavy atom. The molecule has 6 rings (SSSR count). The smallest absolute Gasteiger partial charge is 0.328 e. The molecular weight excluding hydrogens is 915 g/mol. The zero-order valence-corrected chi connectivity index (χ0v) is 44.2. The highest BCUT2D eigenvalue weighted by Crippen LogP contribution is 2.68. The number of hydrogen-bond acceptors (Lipinski definition) is 10. The lowest BCUT2D eigenvalue weighted by atomic mass is 9.43. The molecule has 0 unspecified atom stereocenters. The number of carbonyl (C=O) groups excluding carboxylic acids is 6. The molecule has 0 aromatic heterocycles. The van der Waals surface area contributed by atoms with Crippen LogP contribution in [-0.4, -0.2) is 106 Å². The third kappa shape index (κ3) is 13.1. The van der Waals surface area contributed by atoms with Crippen LogP contribution in [0, 0.1) is 58.2 Å². The summed E-state index contributed by atoms with van der Waals surface area (Å²) in [6.45, 7) is 15.6. The number of ether oxygens (including phenoxy) is 1. The number of hydrogen-bond donors (Lipinski definition) is 8. The molecule has 4 aliphatic carbocycles. The molecule has 0 spiro atoms. The molecule has 0 saturated heterocycles. The van der Waals surface area contributed by atoms with Crippen LogP contribution in [0.5, 0.6) is 0 Å². The first-order chi connectivity index (χ1) is 34.1. The van der Waals surface area contributed by atoms with Gasteiger partial charge in [0.15, 0.2) is 0 Å². The third-order valence-corrected chi connectivity index (χ3v) is 17.7. The largest absolute Gasteiger partial charge is 0.467 e. The normalized spacial score (nSPS) is 30.2. The van der Waals surface area contributed by atoms with E-state index in [2.05, 4.69) is 47.4 Å². The van der Waals surface area contributed by atoms with Crippen LogP contribution >= 0.6 is 0 Å². The molecule has 16 atom stereocenters. The van der Waals surface area contributed by atoms with Crippen molar-refractivity contribution in [3.05, 3.63) is 71.8 Å². The van der Waals surface area contributed by atoms with Crippen molar-refractivity contribution in [1.82, 2.24) is 26.6 Å². The van der Waals surface area contributed by atoms with Crippen LogP contribution in [0.1, 0.15) is 131 Å². The van der Waals surface area contributed by atoms with E-state index in [1.165, 1.54) is 14.0 Å². The summed E-state index contributed by atoms with van der Waals surface area (Å²) in [5, 5.41) is 48.5. The monoisotopic (exact) mass is 1000 g/mol. The Balaban J connectivity index is 1.11. The van der Waals surface area contributed by atoms with Crippen molar-refractivity contribution < 1.29 is 48.8 Å². The number of aliphatic hydroxyl groups excluding tert-OH is 3. The minimum absolute atomic E-state index is 0.0141. The van der Waals surface area contributed by atoms with Gasteiger partial charge in [0.25, 0.3) is 0 Å². The molecule has 15 heteroatoms. The number of carbonyl (C=O) groups is 6. The molecular formula is C57H85N5O10. The number of rotatable bonds is 21. The summed E-state index contributed by atoms with van der Waals surface area (Å²) < 4.78 is 4.79. The van der Waals surface area contributed by atoms with Gasteiger partial charge < -0.3 is 46.6 Å². The average Bonchev–Trinajstić information content (AvgIpc) is 3.70. The zero-order valence-electron chi connectivity index (χ0n) is 44.2. The lowest BCUT2D eigenvalue weighted by Crippen LogP contribution is -2.62. The number of methoxy groups -OCH3 is 1. The van der Waals surface area contributed by atoms with Crippen molar-refractivity contribution in [3.63, 3.8) is 0 Å². The molecule has 0 radical (unpaired) electrons. The highest BCUT2D eigenvalue weighted by molar-refractivity contribution is 5.96. The van der Waals surface area contributed by atoms with Gasteiger partial charge in [0.05, 0.1) is 25.4 Å². The summed E-state index contributed by atoms with van der Waals surface area (Å²) in [6.07, 6.45) is 5.38. The molecule has 2 aromatic carbocycles. The van der Waals surface area contributed by atoms with Crippen molar-refractivity contribution in [2.75, 3.05) is 7.11 Å². The molecule has 5 amide bonds. The summed E-state index contributed by atoms with van der Waals surface area (Å²) in [4.78, 5) is 82.6. The molecule has 2 aromatic rings. The summed E-state index contributed by atoms with van der Waals surface area (Å²) >= 11 is 0. The fraction of sp³-hybridized carbons (Fsp3) is 0.684.